The third-order valence-corrected chi connectivity index (χ3v) is 3.91. The Labute approximate surface area is 105 Å². The fraction of sp³-hybridized carbons (Fsp3) is 0.600. The summed E-state index contributed by atoms with van der Waals surface area (Å²) < 4.78 is 0. The lowest BCUT2D eigenvalue weighted by Gasteiger charge is -2.35. The van der Waals surface area contributed by atoms with Gasteiger partial charge in [0.05, 0.1) is 0 Å². The van der Waals surface area contributed by atoms with E-state index in [0.717, 1.165) is 12.8 Å². The summed E-state index contributed by atoms with van der Waals surface area (Å²) in [6.45, 7) is 6.58. The molecular weight excluding hydrogens is 210 g/mol. The van der Waals surface area contributed by atoms with Gasteiger partial charge >= 0.3 is 0 Å². The highest BCUT2D eigenvalue weighted by Gasteiger charge is 2.31. The maximum atomic E-state index is 9.25. The molecule has 0 aliphatic carbocycles. The lowest BCUT2D eigenvalue weighted by atomic mass is 9.73. The minimum atomic E-state index is -0.129. The van der Waals surface area contributed by atoms with Gasteiger partial charge in [-0.2, -0.15) is 0 Å². The molecule has 0 bridgehead atoms. The zero-order chi connectivity index (χ0) is 12.9. The molecule has 0 saturated heterocycles. The zero-order valence-electron chi connectivity index (χ0n) is 11.2. The highest BCUT2D eigenvalue weighted by Crippen LogP contribution is 2.31. The lowest BCUT2D eigenvalue weighted by molar-refractivity contribution is 0.223. The molecule has 17 heavy (non-hydrogen) atoms. The molecular formula is C15H25NO. The van der Waals surface area contributed by atoms with Crippen LogP contribution >= 0.6 is 0 Å². The van der Waals surface area contributed by atoms with Gasteiger partial charge in [-0.15, -0.1) is 0 Å². The van der Waals surface area contributed by atoms with Gasteiger partial charge in [0.15, 0.2) is 0 Å². The number of aliphatic hydroxyl groups is 1. The summed E-state index contributed by atoms with van der Waals surface area (Å²) in [6.07, 6.45) is 2.69. The number of aryl methyl sites for hydroxylation is 1. The van der Waals surface area contributed by atoms with Crippen LogP contribution < -0.4 is 5.73 Å². The normalized spacial score (nSPS) is 16.5. The summed E-state index contributed by atoms with van der Waals surface area (Å²) in [5.74, 6) is 0. The average Bonchev–Trinajstić information content (AvgIpc) is 2.38. The van der Waals surface area contributed by atoms with Gasteiger partial charge in [-0.3, -0.25) is 0 Å². The van der Waals surface area contributed by atoms with Crippen LogP contribution in [0.4, 0.5) is 0 Å². The van der Waals surface area contributed by atoms with E-state index < -0.39 is 0 Å². The Hall–Kier alpha value is -0.860. The molecule has 0 saturated carbocycles. The van der Waals surface area contributed by atoms with E-state index in [2.05, 4.69) is 45.0 Å². The first-order valence-corrected chi connectivity index (χ1v) is 6.54. The van der Waals surface area contributed by atoms with Crippen LogP contribution in [0.3, 0.4) is 0 Å². The van der Waals surface area contributed by atoms with Crippen molar-refractivity contribution in [2.24, 2.45) is 5.73 Å². The van der Waals surface area contributed by atoms with E-state index in [1.165, 1.54) is 11.1 Å². The maximum absolute atomic E-state index is 9.25. The third-order valence-electron chi connectivity index (χ3n) is 3.91. The van der Waals surface area contributed by atoms with Crippen molar-refractivity contribution in [2.75, 3.05) is 6.61 Å². The Morgan fingerprint density at radius 3 is 2.24 bits per heavy atom. The van der Waals surface area contributed by atoms with Gasteiger partial charge < -0.3 is 10.8 Å². The van der Waals surface area contributed by atoms with Crippen LogP contribution in [0.5, 0.6) is 0 Å². The van der Waals surface area contributed by atoms with E-state index in [1.54, 1.807) is 0 Å². The fourth-order valence-electron chi connectivity index (χ4n) is 2.35. The Morgan fingerprint density at radius 1 is 1.24 bits per heavy atom. The van der Waals surface area contributed by atoms with Gasteiger partial charge in [0.1, 0.15) is 0 Å². The summed E-state index contributed by atoms with van der Waals surface area (Å²) in [5.41, 5.74) is 8.67. The monoisotopic (exact) mass is 235 g/mol. The summed E-state index contributed by atoms with van der Waals surface area (Å²) >= 11 is 0. The summed E-state index contributed by atoms with van der Waals surface area (Å²) in [7, 11) is 0. The molecule has 96 valence electrons. The molecule has 2 heteroatoms. The molecule has 2 nitrogen and oxygen atoms in total. The second kappa shape index (κ2) is 6.18. The number of aliphatic hydroxyl groups excluding tert-OH is 1. The molecule has 1 aromatic rings. The lowest BCUT2D eigenvalue weighted by Crippen LogP contribution is -2.43. The topological polar surface area (TPSA) is 46.2 Å². The molecule has 0 radical (unpaired) electrons. The van der Waals surface area contributed by atoms with Gasteiger partial charge in [-0.1, -0.05) is 45.0 Å². The molecule has 2 unspecified atom stereocenters. The van der Waals surface area contributed by atoms with Crippen molar-refractivity contribution >= 4 is 0 Å². The van der Waals surface area contributed by atoms with Crippen LogP contribution in [0.25, 0.3) is 0 Å². The standard InChI is InChI=1S/C15H25NO/c1-4-12-6-8-13(9-7-12)15(3,10-11-17)14(16)5-2/h6-9,14,17H,4-5,10-11,16H2,1-3H3. The molecule has 0 aromatic heterocycles. The van der Waals surface area contributed by atoms with Crippen LogP contribution in [0.1, 0.15) is 44.7 Å². The van der Waals surface area contributed by atoms with Crippen molar-refractivity contribution in [1.82, 2.24) is 0 Å². The Balaban J connectivity index is 3.03. The van der Waals surface area contributed by atoms with E-state index in [0.29, 0.717) is 6.42 Å². The maximum Gasteiger partial charge on any atom is 0.0440 e. The fourth-order valence-corrected chi connectivity index (χ4v) is 2.35. The van der Waals surface area contributed by atoms with Crippen LogP contribution in [0.15, 0.2) is 24.3 Å². The molecule has 2 atom stereocenters. The van der Waals surface area contributed by atoms with Crippen LogP contribution in [0, 0.1) is 0 Å². The van der Waals surface area contributed by atoms with Gasteiger partial charge in [0, 0.05) is 18.1 Å². The largest absolute Gasteiger partial charge is 0.396 e. The van der Waals surface area contributed by atoms with Gasteiger partial charge in [0.25, 0.3) is 0 Å². The van der Waals surface area contributed by atoms with Gasteiger partial charge in [-0.25, -0.2) is 0 Å². The molecule has 1 rings (SSSR count). The number of nitrogens with two attached hydrogens (primary N) is 1. The second-order valence-corrected chi connectivity index (χ2v) is 4.96. The highest BCUT2D eigenvalue weighted by molar-refractivity contribution is 5.30. The Bertz CT molecular complexity index is 333. The first-order chi connectivity index (χ1) is 8.08. The highest BCUT2D eigenvalue weighted by atomic mass is 16.3. The van der Waals surface area contributed by atoms with Crippen molar-refractivity contribution in [2.45, 2.75) is 51.5 Å². The Kier molecular flexibility index (Phi) is 5.16. The van der Waals surface area contributed by atoms with Crippen molar-refractivity contribution in [3.05, 3.63) is 35.4 Å². The van der Waals surface area contributed by atoms with E-state index >= 15 is 0 Å². The zero-order valence-corrected chi connectivity index (χ0v) is 11.2. The number of hydrogen-bond acceptors (Lipinski definition) is 2. The summed E-state index contributed by atoms with van der Waals surface area (Å²) in [6, 6.07) is 8.72. The van der Waals surface area contributed by atoms with Crippen molar-refractivity contribution in [1.29, 1.82) is 0 Å². The molecule has 0 aliphatic heterocycles. The smallest absolute Gasteiger partial charge is 0.0440 e. The van der Waals surface area contributed by atoms with Crippen LogP contribution in [-0.4, -0.2) is 17.8 Å². The molecule has 0 amide bonds. The quantitative estimate of drug-likeness (QED) is 0.796. The van der Waals surface area contributed by atoms with Crippen molar-refractivity contribution in [3.63, 3.8) is 0 Å². The third kappa shape index (κ3) is 3.08. The molecule has 1 aromatic carbocycles. The minimum absolute atomic E-state index is 0.0853. The second-order valence-electron chi connectivity index (χ2n) is 4.96. The predicted octanol–water partition coefficient (Wildman–Crippen LogP) is 2.63. The molecule has 3 N–H and O–H groups in total. The number of hydrogen-bond donors (Lipinski definition) is 2. The van der Waals surface area contributed by atoms with Crippen LogP contribution in [0.2, 0.25) is 0 Å². The number of rotatable bonds is 6. The van der Waals surface area contributed by atoms with E-state index in [4.69, 9.17) is 5.73 Å². The van der Waals surface area contributed by atoms with Gasteiger partial charge in [-0.05, 0) is 30.4 Å². The molecule has 0 heterocycles. The average molecular weight is 235 g/mol. The predicted molar refractivity (Wildman–Crippen MR) is 73.1 cm³/mol. The number of benzene rings is 1. The summed E-state index contributed by atoms with van der Waals surface area (Å²) in [5, 5.41) is 9.25. The Morgan fingerprint density at radius 2 is 1.82 bits per heavy atom. The van der Waals surface area contributed by atoms with E-state index in [9.17, 15) is 5.11 Å². The van der Waals surface area contributed by atoms with Crippen molar-refractivity contribution < 1.29 is 5.11 Å². The molecule has 0 aliphatic rings. The first kappa shape index (κ1) is 14.2. The minimum Gasteiger partial charge on any atom is -0.396 e. The van der Waals surface area contributed by atoms with Crippen LogP contribution in [-0.2, 0) is 11.8 Å². The van der Waals surface area contributed by atoms with E-state index in [-0.39, 0.29) is 18.1 Å². The first-order valence-electron chi connectivity index (χ1n) is 6.54. The summed E-state index contributed by atoms with van der Waals surface area (Å²) in [4.78, 5) is 0. The van der Waals surface area contributed by atoms with Gasteiger partial charge in [0.2, 0.25) is 0 Å². The molecule has 0 spiro atoms. The van der Waals surface area contributed by atoms with E-state index in [1.807, 2.05) is 0 Å². The SMILES string of the molecule is CCc1ccc(C(C)(CCO)C(N)CC)cc1. The molecule has 0 fully saturated rings. The van der Waals surface area contributed by atoms with Crippen molar-refractivity contribution in [3.8, 4) is 0 Å².